The first kappa shape index (κ1) is 22.2. The molecule has 1 N–H and O–H groups in total. The van der Waals surface area contributed by atoms with Gasteiger partial charge in [0.05, 0.1) is 19.8 Å². The molecule has 0 atom stereocenters. The van der Waals surface area contributed by atoms with E-state index in [2.05, 4.69) is 5.32 Å². The van der Waals surface area contributed by atoms with Gasteiger partial charge < -0.3 is 24.4 Å². The monoisotopic (exact) mass is 482 g/mol. The molecule has 1 spiro atoms. The van der Waals surface area contributed by atoms with Crippen LogP contribution in [-0.4, -0.2) is 49.7 Å². The van der Waals surface area contributed by atoms with Crippen LogP contribution in [0.4, 0.5) is 0 Å². The molecule has 4 aromatic carbocycles. The minimum Gasteiger partial charge on any atom is -0.496 e. The predicted molar refractivity (Wildman–Crippen MR) is 137 cm³/mol. The number of fused-ring (bicyclic) bond motifs is 3. The van der Waals surface area contributed by atoms with Crippen molar-refractivity contribution in [3.8, 4) is 17.2 Å². The van der Waals surface area contributed by atoms with Crippen LogP contribution in [0.5, 0.6) is 17.2 Å². The van der Waals surface area contributed by atoms with E-state index in [1.54, 1.807) is 25.2 Å². The van der Waals surface area contributed by atoms with Crippen LogP contribution < -0.4 is 19.5 Å². The molecule has 1 saturated heterocycles. The Balaban J connectivity index is 1.25. The molecule has 0 aliphatic carbocycles. The zero-order chi connectivity index (χ0) is 24.9. The van der Waals surface area contributed by atoms with E-state index in [0.717, 1.165) is 21.5 Å². The number of nitrogens with zero attached hydrogens (tertiary/aromatic N) is 1. The standard InChI is InChI=1S/C29H26N2O5/c1-34-24-9-5-8-21-22(24)15-20(17-25(21)35-2)28(33)31-12-10-29(11-13-31)30-27(32)23-14-18-6-3-4-7-19(18)16-26(23)36-29/h3-9,14-17H,10-13H2,1-2H3,(H,30,32). The summed E-state index contributed by atoms with van der Waals surface area (Å²) in [6, 6.07) is 21.0. The smallest absolute Gasteiger partial charge is 0.258 e. The Labute approximate surface area is 208 Å². The number of piperidine rings is 1. The van der Waals surface area contributed by atoms with Crippen molar-refractivity contribution < 1.29 is 23.8 Å². The fourth-order valence-electron chi connectivity index (χ4n) is 5.27. The van der Waals surface area contributed by atoms with Crippen molar-refractivity contribution in [1.29, 1.82) is 0 Å². The van der Waals surface area contributed by atoms with Crippen molar-refractivity contribution in [3.05, 3.63) is 77.9 Å². The number of rotatable bonds is 3. The van der Waals surface area contributed by atoms with E-state index in [4.69, 9.17) is 14.2 Å². The van der Waals surface area contributed by atoms with Gasteiger partial charge in [0, 0.05) is 42.3 Å². The van der Waals surface area contributed by atoms with Crippen molar-refractivity contribution in [2.75, 3.05) is 27.3 Å². The molecule has 0 bridgehead atoms. The Hall–Kier alpha value is -4.26. The molecule has 7 nitrogen and oxygen atoms in total. The number of hydrogen-bond donors (Lipinski definition) is 1. The number of hydrogen-bond acceptors (Lipinski definition) is 5. The molecular formula is C29H26N2O5. The molecule has 36 heavy (non-hydrogen) atoms. The SMILES string of the molecule is COc1cc(C(=O)N2CCC3(CC2)NC(=O)c2cc4ccccc4cc2O3)cc2c(OC)cccc12. The first-order valence-electron chi connectivity index (χ1n) is 12.0. The van der Waals surface area contributed by atoms with Gasteiger partial charge >= 0.3 is 0 Å². The Bertz CT molecular complexity index is 1520. The molecule has 2 aliphatic heterocycles. The van der Waals surface area contributed by atoms with Gasteiger partial charge in [0.25, 0.3) is 11.8 Å². The van der Waals surface area contributed by atoms with Crippen LogP contribution in [0.3, 0.4) is 0 Å². The number of carbonyl (C=O) groups is 2. The summed E-state index contributed by atoms with van der Waals surface area (Å²) in [6.45, 7) is 0.905. The van der Waals surface area contributed by atoms with Crippen LogP contribution in [-0.2, 0) is 0 Å². The highest BCUT2D eigenvalue weighted by Gasteiger charge is 2.43. The van der Waals surface area contributed by atoms with E-state index in [0.29, 0.717) is 54.3 Å². The maximum atomic E-state index is 13.5. The molecule has 2 heterocycles. The number of carbonyl (C=O) groups excluding carboxylic acids is 2. The number of amides is 2. The van der Waals surface area contributed by atoms with Crippen LogP contribution in [0.25, 0.3) is 21.5 Å². The van der Waals surface area contributed by atoms with Gasteiger partial charge in [0.15, 0.2) is 5.72 Å². The van der Waals surface area contributed by atoms with Gasteiger partial charge in [-0.05, 0) is 41.1 Å². The van der Waals surface area contributed by atoms with Crippen LogP contribution in [0.2, 0.25) is 0 Å². The molecule has 182 valence electrons. The second-order valence-electron chi connectivity index (χ2n) is 9.27. The lowest BCUT2D eigenvalue weighted by molar-refractivity contribution is -0.0244. The van der Waals surface area contributed by atoms with Gasteiger partial charge in [-0.3, -0.25) is 9.59 Å². The van der Waals surface area contributed by atoms with Gasteiger partial charge in [0.2, 0.25) is 0 Å². The average Bonchev–Trinajstić information content (AvgIpc) is 2.91. The van der Waals surface area contributed by atoms with Crippen molar-refractivity contribution in [2.24, 2.45) is 0 Å². The van der Waals surface area contributed by atoms with Gasteiger partial charge in [-0.25, -0.2) is 0 Å². The summed E-state index contributed by atoms with van der Waals surface area (Å²) < 4.78 is 17.5. The van der Waals surface area contributed by atoms with Crippen molar-refractivity contribution in [2.45, 2.75) is 18.6 Å². The molecule has 0 unspecified atom stereocenters. The fraction of sp³-hybridized carbons (Fsp3) is 0.241. The third kappa shape index (κ3) is 3.59. The average molecular weight is 483 g/mol. The van der Waals surface area contributed by atoms with Gasteiger partial charge in [-0.15, -0.1) is 0 Å². The molecule has 7 heteroatoms. The topological polar surface area (TPSA) is 77.1 Å². The third-order valence-corrected chi connectivity index (χ3v) is 7.20. The summed E-state index contributed by atoms with van der Waals surface area (Å²) in [4.78, 5) is 28.3. The van der Waals surface area contributed by atoms with Crippen LogP contribution >= 0.6 is 0 Å². The molecule has 2 amide bonds. The van der Waals surface area contributed by atoms with Crippen LogP contribution in [0.15, 0.2) is 66.7 Å². The van der Waals surface area contributed by atoms with E-state index >= 15 is 0 Å². The molecular weight excluding hydrogens is 456 g/mol. The van der Waals surface area contributed by atoms with Gasteiger partial charge in [0.1, 0.15) is 17.2 Å². The van der Waals surface area contributed by atoms with E-state index in [9.17, 15) is 9.59 Å². The molecule has 6 rings (SSSR count). The number of likely N-dealkylation sites (tertiary alicyclic amines) is 1. The summed E-state index contributed by atoms with van der Waals surface area (Å²) in [6.07, 6.45) is 0.982. The predicted octanol–water partition coefficient (Wildman–Crippen LogP) is 4.76. The highest BCUT2D eigenvalue weighted by Crippen LogP contribution is 2.37. The van der Waals surface area contributed by atoms with E-state index in [1.807, 2.05) is 60.7 Å². The third-order valence-electron chi connectivity index (χ3n) is 7.20. The summed E-state index contributed by atoms with van der Waals surface area (Å²) >= 11 is 0. The van der Waals surface area contributed by atoms with Crippen molar-refractivity contribution in [3.63, 3.8) is 0 Å². The molecule has 2 aliphatic rings. The quantitative estimate of drug-likeness (QED) is 0.455. The summed E-state index contributed by atoms with van der Waals surface area (Å²) in [7, 11) is 3.20. The van der Waals surface area contributed by atoms with Crippen LogP contribution in [0.1, 0.15) is 33.6 Å². The number of methoxy groups -OCH3 is 2. The summed E-state index contributed by atoms with van der Waals surface area (Å²) in [5.74, 6) is 1.65. The van der Waals surface area contributed by atoms with Gasteiger partial charge in [-0.1, -0.05) is 36.4 Å². The number of ether oxygens (including phenoxy) is 3. The minimum absolute atomic E-state index is 0.0931. The highest BCUT2D eigenvalue weighted by atomic mass is 16.5. The number of nitrogens with one attached hydrogen (secondary N) is 1. The Morgan fingerprint density at radius 2 is 1.61 bits per heavy atom. The second kappa shape index (κ2) is 8.45. The zero-order valence-corrected chi connectivity index (χ0v) is 20.2. The summed E-state index contributed by atoms with van der Waals surface area (Å²) in [5, 5.41) is 6.80. The first-order valence-corrected chi connectivity index (χ1v) is 12.0. The zero-order valence-electron chi connectivity index (χ0n) is 20.2. The molecule has 0 radical (unpaired) electrons. The lowest BCUT2D eigenvalue weighted by atomic mass is 9.95. The Kier molecular flexibility index (Phi) is 5.21. The second-order valence-corrected chi connectivity index (χ2v) is 9.27. The molecule has 4 aromatic rings. The van der Waals surface area contributed by atoms with E-state index < -0.39 is 5.72 Å². The number of benzene rings is 4. The lowest BCUT2D eigenvalue weighted by Crippen LogP contribution is -2.61. The molecule has 1 fully saturated rings. The van der Waals surface area contributed by atoms with E-state index in [1.165, 1.54) is 0 Å². The van der Waals surface area contributed by atoms with Crippen LogP contribution in [0, 0.1) is 0 Å². The fourth-order valence-corrected chi connectivity index (χ4v) is 5.27. The normalized spacial score (nSPS) is 16.4. The van der Waals surface area contributed by atoms with E-state index in [-0.39, 0.29) is 11.8 Å². The largest absolute Gasteiger partial charge is 0.496 e. The maximum absolute atomic E-state index is 13.5. The molecule has 0 saturated carbocycles. The van der Waals surface area contributed by atoms with Gasteiger partial charge in [-0.2, -0.15) is 0 Å². The van der Waals surface area contributed by atoms with Crippen molar-refractivity contribution >= 4 is 33.4 Å². The highest BCUT2D eigenvalue weighted by molar-refractivity contribution is 6.04. The Morgan fingerprint density at radius 3 is 2.33 bits per heavy atom. The Morgan fingerprint density at radius 1 is 0.889 bits per heavy atom. The maximum Gasteiger partial charge on any atom is 0.258 e. The molecule has 0 aromatic heterocycles. The lowest BCUT2D eigenvalue weighted by Gasteiger charge is -2.44. The minimum atomic E-state index is -0.826. The summed E-state index contributed by atoms with van der Waals surface area (Å²) in [5.41, 5.74) is 0.244. The first-order chi connectivity index (χ1) is 17.5. The van der Waals surface area contributed by atoms with Crippen molar-refractivity contribution in [1.82, 2.24) is 10.2 Å².